The highest BCUT2D eigenvalue weighted by Crippen LogP contribution is 2.31. The molecule has 1 aromatic carbocycles. The molecule has 18 heavy (non-hydrogen) atoms. The molecule has 100 valence electrons. The summed E-state index contributed by atoms with van der Waals surface area (Å²) in [5, 5.41) is 3.24. The highest BCUT2D eigenvalue weighted by Gasteiger charge is 2.29. The van der Waals surface area contributed by atoms with Crippen molar-refractivity contribution in [2.75, 3.05) is 0 Å². The van der Waals surface area contributed by atoms with Crippen LogP contribution in [-0.2, 0) is 6.54 Å². The van der Waals surface area contributed by atoms with Gasteiger partial charge in [0.1, 0.15) is 5.82 Å². The Morgan fingerprint density at radius 2 is 1.72 bits per heavy atom. The van der Waals surface area contributed by atoms with Gasteiger partial charge >= 0.3 is 0 Å². The van der Waals surface area contributed by atoms with Crippen molar-refractivity contribution >= 4 is 0 Å². The average Bonchev–Trinajstić information content (AvgIpc) is 2.63. The number of hydrogen-bond donors (Lipinski definition) is 1. The summed E-state index contributed by atoms with van der Waals surface area (Å²) in [6.45, 7) is 4.60. The van der Waals surface area contributed by atoms with Crippen LogP contribution in [0.3, 0.4) is 0 Å². The van der Waals surface area contributed by atoms with E-state index in [-0.39, 0.29) is 12.1 Å². The van der Waals surface area contributed by atoms with E-state index in [4.69, 9.17) is 0 Å². The molecule has 0 aromatic heterocycles. The van der Waals surface area contributed by atoms with Crippen LogP contribution in [-0.4, -0.2) is 6.04 Å². The van der Waals surface area contributed by atoms with Gasteiger partial charge in [0.2, 0.25) is 0 Å². The molecule has 1 N–H and O–H groups in total. The summed E-state index contributed by atoms with van der Waals surface area (Å²) in [5.74, 6) is -1.66. The first-order valence-corrected chi connectivity index (χ1v) is 6.36. The van der Waals surface area contributed by atoms with Gasteiger partial charge < -0.3 is 5.32 Å². The Morgan fingerprint density at radius 3 is 2.33 bits per heavy atom. The molecule has 1 aromatic rings. The van der Waals surface area contributed by atoms with Gasteiger partial charge in [0.05, 0.1) is 0 Å². The van der Waals surface area contributed by atoms with Crippen LogP contribution in [0, 0.1) is 29.3 Å². The molecule has 3 unspecified atom stereocenters. The molecule has 0 saturated heterocycles. The van der Waals surface area contributed by atoms with E-state index >= 15 is 0 Å². The van der Waals surface area contributed by atoms with E-state index in [1.54, 1.807) is 0 Å². The van der Waals surface area contributed by atoms with Crippen LogP contribution in [0.25, 0.3) is 0 Å². The Balaban J connectivity index is 2.00. The molecule has 0 radical (unpaired) electrons. The Labute approximate surface area is 105 Å². The SMILES string of the molecule is CC1CCC(NCc2cc(F)c(F)cc2F)C1C. The van der Waals surface area contributed by atoms with Crippen LogP contribution in [0.4, 0.5) is 13.2 Å². The van der Waals surface area contributed by atoms with E-state index in [2.05, 4.69) is 19.2 Å². The van der Waals surface area contributed by atoms with Gasteiger partial charge in [-0.3, -0.25) is 0 Å². The van der Waals surface area contributed by atoms with Gasteiger partial charge in [0, 0.05) is 24.2 Å². The van der Waals surface area contributed by atoms with E-state index in [0.29, 0.717) is 23.9 Å². The second-order valence-corrected chi connectivity index (χ2v) is 5.26. The predicted molar refractivity (Wildman–Crippen MR) is 64.5 cm³/mol. The monoisotopic (exact) mass is 257 g/mol. The number of nitrogens with one attached hydrogen (secondary N) is 1. The zero-order chi connectivity index (χ0) is 13.3. The second-order valence-electron chi connectivity index (χ2n) is 5.26. The van der Waals surface area contributed by atoms with Gasteiger partial charge in [0.25, 0.3) is 0 Å². The van der Waals surface area contributed by atoms with Crippen LogP contribution >= 0.6 is 0 Å². The minimum absolute atomic E-state index is 0.181. The van der Waals surface area contributed by atoms with Crippen molar-refractivity contribution in [3.63, 3.8) is 0 Å². The molecular weight excluding hydrogens is 239 g/mol. The molecule has 1 fully saturated rings. The third kappa shape index (κ3) is 2.69. The summed E-state index contributed by atoms with van der Waals surface area (Å²) >= 11 is 0. The van der Waals surface area contributed by atoms with E-state index in [1.165, 1.54) is 0 Å². The summed E-state index contributed by atoms with van der Waals surface area (Å²) < 4.78 is 39.2. The van der Waals surface area contributed by atoms with Gasteiger partial charge in [0.15, 0.2) is 11.6 Å². The van der Waals surface area contributed by atoms with Crippen LogP contribution in [0.2, 0.25) is 0 Å². The van der Waals surface area contributed by atoms with E-state index in [1.807, 2.05) is 0 Å². The summed E-state index contributed by atoms with van der Waals surface area (Å²) in [6, 6.07) is 1.86. The largest absolute Gasteiger partial charge is 0.310 e. The molecule has 0 spiro atoms. The van der Waals surface area contributed by atoms with Crippen molar-refractivity contribution in [2.45, 2.75) is 39.3 Å². The third-order valence-electron chi connectivity index (χ3n) is 4.11. The summed E-state index contributed by atoms with van der Waals surface area (Å²) in [5.41, 5.74) is 0.181. The smallest absolute Gasteiger partial charge is 0.161 e. The van der Waals surface area contributed by atoms with Gasteiger partial charge in [-0.05, 0) is 30.7 Å². The second kappa shape index (κ2) is 5.31. The van der Waals surface area contributed by atoms with Gasteiger partial charge in [-0.2, -0.15) is 0 Å². The van der Waals surface area contributed by atoms with Crippen LogP contribution < -0.4 is 5.32 Å². The molecule has 0 amide bonds. The fourth-order valence-corrected chi connectivity index (χ4v) is 2.59. The molecule has 1 aliphatic carbocycles. The molecule has 0 heterocycles. The topological polar surface area (TPSA) is 12.0 Å². The zero-order valence-corrected chi connectivity index (χ0v) is 10.6. The first-order chi connectivity index (χ1) is 8.49. The number of benzene rings is 1. The molecule has 1 aliphatic rings. The maximum absolute atomic E-state index is 13.4. The lowest BCUT2D eigenvalue weighted by atomic mass is 9.97. The maximum Gasteiger partial charge on any atom is 0.161 e. The van der Waals surface area contributed by atoms with Gasteiger partial charge in [-0.15, -0.1) is 0 Å². The van der Waals surface area contributed by atoms with Gasteiger partial charge in [-0.25, -0.2) is 13.2 Å². The Bertz CT molecular complexity index is 433. The highest BCUT2D eigenvalue weighted by molar-refractivity contribution is 5.20. The number of rotatable bonds is 3. The molecule has 0 bridgehead atoms. The Morgan fingerprint density at radius 1 is 1.06 bits per heavy atom. The maximum atomic E-state index is 13.4. The minimum Gasteiger partial charge on any atom is -0.310 e. The summed E-state index contributed by atoms with van der Waals surface area (Å²) in [7, 11) is 0. The first-order valence-electron chi connectivity index (χ1n) is 6.36. The lowest BCUT2D eigenvalue weighted by Gasteiger charge is -2.20. The zero-order valence-electron chi connectivity index (χ0n) is 10.6. The molecule has 1 saturated carbocycles. The van der Waals surface area contributed by atoms with Crippen molar-refractivity contribution in [1.82, 2.24) is 5.32 Å². The molecule has 2 rings (SSSR count). The minimum atomic E-state index is -1.14. The Kier molecular flexibility index (Phi) is 3.95. The molecule has 3 atom stereocenters. The summed E-state index contributed by atoms with van der Waals surface area (Å²) in [6.07, 6.45) is 2.20. The third-order valence-corrected chi connectivity index (χ3v) is 4.11. The van der Waals surface area contributed by atoms with Crippen molar-refractivity contribution in [3.05, 3.63) is 35.1 Å². The van der Waals surface area contributed by atoms with Crippen LogP contribution in [0.5, 0.6) is 0 Å². The van der Waals surface area contributed by atoms with Crippen molar-refractivity contribution in [2.24, 2.45) is 11.8 Å². The molecule has 1 nitrogen and oxygen atoms in total. The van der Waals surface area contributed by atoms with Crippen LogP contribution in [0.15, 0.2) is 12.1 Å². The van der Waals surface area contributed by atoms with Gasteiger partial charge in [-0.1, -0.05) is 13.8 Å². The number of halogens is 3. The molecular formula is C14H18F3N. The normalized spacial score (nSPS) is 27.7. The Hall–Kier alpha value is -1.03. The fourth-order valence-electron chi connectivity index (χ4n) is 2.59. The summed E-state index contributed by atoms with van der Waals surface area (Å²) in [4.78, 5) is 0. The van der Waals surface area contributed by atoms with E-state index in [0.717, 1.165) is 18.9 Å². The lowest BCUT2D eigenvalue weighted by molar-refractivity contribution is 0.367. The predicted octanol–water partition coefficient (Wildman–Crippen LogP) is 3.63. The average molecular weight is 257 g/mol. The van der Waals surface area contributed by atoms with Crippen LogP contribution in [0.1, 0.15) is 32.3 Å². The molecule has 0 aliphatic heterocycles. The van der Waals surface area contributed by atoms with Crippen molar-refractivity contribution in [3.8, 4) is 0 Å². The standard InChI is InChI=1S/C14H18F3N/c1-8-3-4-14(9(8)2)18-7-10-5-12(16)13(17)6-11(10)15/h5-6,8-9,14,18H,3-4,7H2,1-2H3. The van der Waals surface area contributed by atoms with E-state index in [9.17, 15) is 13.2 Å². The fraction of sp³-hybridized carbons (Fsp3) is 0.571. The number of hydrogen-bond acceptors (Lipinski definition) is 1. The highest BCUT2D eigenvalue weighted by atomic mass is 19.2. The lowest BCUT2D eigenvalue weighted by Crippen LogP contribution is -2.32. The van der Waals surface area contributed by atoms with Crippen molar-refractivity contribution in [1.29, 1.82) is 0 Å². The van der Waals surface area contributed by atoms with Crippen molar-refractivity contribution < 1.29 is 13.2 Å². The molecule has 4 heteroatoms. The first kappa shape index (κ1) is 13.4. The quantitative estimate of drug-likeness (QED) is 0.815. The van der Waals surface area contributed by atoms with E-state index < -0.39 is 17.5 Å².